The van der Waals surface area contributed by atoms with Gasteiger partial charge in [-0.15, -0.1) is 0 Å². The second kappa shape index (κ2) is 6.77. The van der Waals surface area contributed by atoms with E-state index in [9.17, 15) is 0 Å². The van der Waals surface area contributed by atoms with Crippen molar-refractivity contribution >= 4 is 10.9 Å². The van der Waals surface area contributed by atoms with E-state index in [-0.39, 0.29) is 12.2 Å². The summed E-state index contributed by atoms with van der Waals surface area (Å²) in [6, 6.07) is 8.22. The monoisotopic (exact) mass is 276 g/mol. The number of hydrogen-bond donors (Lipinski definition) is 1. The molecule has 2 N–H and O–H groups in total. The van der Waals surface area contributed by atoms with Crippen molar-refractivity contribution in [2.75, 3.05) is 13.2 Å². The average Bonchev–Trinajstić information content (AvgIpc) is 2.82. The molecule has 0 saturated carbocycles. The van der Waals surface area contributed by atoms with E-state index in [0.29, 0.717) is 13.2 Å². The van der Waals surface area contributed by atoms with Gasteiger partial charge >= 0.3 is 0 Å². The normalized spacial score (nSPS) is 13.1. The molecule has 4 heteroatoms. The zero-order valence-corrected chi connectivity index (χ0v) is 12.5. The molecule has 2 aromatic rings. The van der Waals surface area contributed by atoms with E-state index in [1.165, 1.54) is 0 Å². The lowest BCUT2D eigenvalue weighted by atomic mass is 10.2. The summed E-state index contributed by atoms with van der Waals surface area (Å²) < 4.78 is 13.7. The molecule has 4 nitrogen and oxygen atoms in total. The molecular formula is C16H24N2O2. The van der Waals surface area contributed by atoms with Crippen molar-refractivity contribution in [3.63, 3.8) is 0 Å². The minimum absolute atomic E-state index is 0.0465. The van der Waals surface area contributed by atoms with Gasteiger partial charge < -0.3 is 19.8 Å². The third-order valence-electron chi connectivity index (χ3n) is 3.20. The SMILES string of the molecule is CCOC(CN)Cn1ccc2c(OC(C)C)cccc21. The number of benzene rings is 1. The first-order valence-electron chi connectivity index (χ1n) is 7.21. The minimum atomic E-state index is 0.0465. The summed E-state index contributed by atoms with van der Waals surface area (Å²) in [5, 5.41) is 1.13. The summed E-state index contributed by atoms with van der Waals surface area (Å²) in [6.07, 6.45) is 2.29. The van der Waals surface area contributed by atoms with Crippen LogP contribution in [0.15, 0.2) is 30.5 Å². The Bertz CT molecular complexity index is 548. The van der Waals surface area contributed by atoms with Crippen LogP contribution < -0.4 is 10.5 Å². The number of nitrogens with zero attached hydrogens (tertiary/aromatic N) is 1. The van der Waals surface area contributed by atoms with Crippen LogP contribution >= 0.6 is 0 Å². The van der Waals surface area contributed by atoms with Crippen LogP contribution in [0.25, 0.3) is 10.9 Å². The fraction of sp³-hybridized carbons (Fsp3) is 0.500. The van der Waals surface area contributed by atoms with Crippen LogP contribution in [0.1, 0.15) is 20.8 Å². The van der Waals surface area contributed by atoms with Gasteiger partial charge in [0.1, 0.15) is 5.75 Å². The molecule has 2 rings (SSSR count). The zero-order valence-electron chi connectivity index (χ0n) is 12.5. The van der Waals surface area contributed by atoms with Crippen molar-refractivity contribution in [1.82, 2.24) is 4.57 Å². The van der Waals surface area contributed by atoms with Crippen molar-refractivity contribution in [3.05, 3.63) is 30.5 Å². The molecule has 0 aliphatic heterocycles. The molecule has 0 radical (unpaired) electrons. The highest BCUT2D eigenvalue weighted by atomic mass is 16.5. The maximum Gasteiger partial charge on any atom is 0.129 e. The second-order valence-corrected chi connectivity index (χ2v) is 5.14. The summed E-state index contributed by atoms with van der Waals surface area (Å²) in [6.45, 7) is 8.03. The third kappa shape index (κ3) is 3.32. The average molecular weight is 276 g/mol. The van der Waals surface area contributed by atoms with Gasteiger partial charge in [-0.25, -0.2) is 0 Å². The Morgan fingerprint density at radius 1 is 1.25 bits per heavy atom. The molecule has 0 spiro atoms. The fourth-order valence-electron chi connectivity index (χ4n) is 2.36. The summed E-state index contributed by atoms with van der Waals surface area (Å²) in [5.74, 6) is 0.928. The topological polar surface area (TPSA) is 49.4 Å². The molecule has 0 fully saturated rings. The van der Waals surface area contributed by atoms with Gasteiger partial charge in [-0.05, 0) is 39.0 Å². The fourth-order valence-corrected chi connectivity index (χ4v) is 2.36. The van der Waals surface area contributed by atoms with E-state index in [2.05, 4.69) is 22.9 Å². The van der Waals surface area contributed by atoms with Crippen molar-refractivity contribution in [2.45, 2.75) is 39.5 Å². The van der Waals surface area contributed by atoms with Crippen LogP contribution in [0.4, 0.5) is 0 Å². The first-order chi connectivity index (χ1) is 9.65. The molecule has 0 saturated heterocycles. The third-order valence-corrected chi connectivity index (χ3v) is 3.20. The van der Waals surface area contributed by atoms with E-state index in [1.807, 2.05) is 32.9 Å². The lowest BCUT2D eigenvalue weighted by Crippen LogP contribution is -2.28. The molecule has 1 unspecified atom stereocenters. The van der Waals surface area contributed by atoms with Gasteiger partial charge in [0.2, 0.25) is 0 Å². The Morgan fingerprint density at radius 2 is 2.05 bits per heavy atom. The minimum Gasteiger partial charge on any atom is -0.490 e. The number of nitrogens with two attached hydrogens (primary N) is 1. The molecule has 1 heterocycles. The predicted octanol–water partition coefficient (Wildman–Crippen LogP) is 2.79. The molecule has 0 bridgehead atoms. The Morgan fingerprint density at radius 3 is 2.70 bits per heavy atom. The van der Waals surface area contributed by atoms with E-state index in [4.69, 9.17) is 15.2 Å². The van der Waals surface area contributed by atoms with Crippen LogP contribution in [0.5, 0.6) is 5.75 Å². The Hall–Kier alpha value is -1.52. The van der Waals surface area contributed by atoms with Crippen molar-refractivity contribution in [2.24, 2.45) is 5.73 Å². The van der Waals surface area contributed by atoms with Gasteiger partial charge in [-0.3, -0.25) is 0 Å². The van der Waals surface area contributed by atoms with Gasteiger partial charge in [0, 0.05) is 24.7 Å². The first kappa shape index (κ1) is 14.9. The molecular weight excluding hydrogens is 252 g/mol. The first-order valence-corrected chi connectivity index (χ1v) is 7.21. The number of fused-ring (bicyclic) bond motifs is 1. The Balaban J connectivity index is 2.27. The Labute approximate surface area is 120 Å². The van der Waals surface area contributed by atoms with Crippen LogP contribution in [0.3, 0.4) is 0 Å². The lowest BCUT2D eigenvalue weighted by molar-refractivity contribution is 0.0576. The number of hydrogen-bond acceptors (Lipinski definition) is 3. The van der Waals surface area contributed by atoms with E-state index < -0.39 is 0 Å². The molecule has 1 aromatic carbocycles. The maximum absolute atomic E-state index is 5.85. The molecule has 1 aromatic heterocycles. The van der Waals surface area contributed by atoms with Crippen LogP contribution in [-0.2, 0) is 11.3 Å². The van der Waals surface area contributed by atoms with Crippen molar-refractivity contribution in [3.8, 4) is 5.75 Å². The molecule has 0 aliphatic carbocycles. The standard InChI is InChI=1S/C16H24N2O2/c1-4-19-13(10-17)11-18-9-8-14-15(18)6-5-7-16(14)20-12(2)3/h5-9,12-13H,4,10-11,17H2,1-3H3. The van der Waals surface area contributed by atoms with Gasteiger partial charge in [-0.2, -0.15) is 0 Å². The largest absolute Gasteiger partial charge is 0.490 e. The van der Waals surface area contributed by atoms with Gasteiger partial charge in [0.25, 0.3) is 0 Å². The van der Waals surface area contributed by atoms with Crippen LogP contribution in [0.2, 0.25) is 0 Å². The molecule has 0 amide bonds. The molecule has 110 valence electrons. The number of ether oxygens (including phenoxy) is 2. The predicted molar refractivity (Wildman–Crippen MR) is 82.2 cm³/mol. The van der Waals surface area contributed by atoms with E-state index in [0.717, 1.165) is 23.2 Å². The second-order valence-electron chi connectivity index (χ2n) is 5.14. The number of rotatable bonds is 7. The maximum atomic E-state index is 5.85. The highest BCUT2D eigenvalue weighted by molar-refractivity contribution is 5.86. The van der Waals surface area contributed by atoms with Crippen LogP contribution in [-0.4, -0.2) is 29.9 Å². The van der Waals surface area contributed by atoms with Gasteiger partial charge in [0.15, 0.2) is 0 Å². The summed E-state index contributed by atoms with van der Waals surface area (Å²) >= 11 is 0. The highest BCUT2D eigenvalue weighted by Crippen LogP contribution is 2.27. The quantitative estimate of drug-likeness (QED) is 0.846. The Kier molecular flexibility index (Phi) is 5.04. The van der Waals surface area contributed by atoms with Crippen molar-refractivity contribution in [1.29, 1.82) is 0 Å². The molecule has 0 aliphatic rings. The zero-order chi connectivity index (χ0) is 14.5. The van der Waals surface area contributed by atoms with Crippen LogP contribution in [0, 0.1) is 0 Å². The molecule has 1 atom stereocenters. The van der Waals surface area contributed by atoms with E-state index >= 15 is 0 Å². The van der Waals surface area contributed by atoms with Gasteiger partial charge in [-0.1, -0.05) is 6.07 Å². The summed E-state index contributed by atoms with van der Waals surface area (Å²) in [4.78, 5) is 0. The lowest BCUT2D eigenvalue weighted by Gasteiger charge is -2.17. The molecule has 20 heavy (non-hydrogen) atoms. The smallest absolute Gasteiger partial charge is 0.129 e. The van der Waals surface area contributed by atoms with Crippen molar-refractivity contribution < 1.29 is 9.47 Å². The highest BCUT2D eigenvalue weighted by Gasteiger charge is 2.11. The summed E-state index contributed by atoms with van der Waals surface area (Å²) in [5.41, 5.74) is 6.91. The van der Waals surface area contributed by atoms with Gasteiger partial charge in [0.05, 0.1) is 24.3 Å². The summed E-state index contributed by atoms with van der Waals surface area (Å²) in [7, 11) is 0. The number of aromatic nitrogens is 1. The van der Waals surface area contributed by atoms with E-state index in [1.54, 1.807) is 0 Å².